The lowest BCUT2D eigenvalue weighted by Crippen LogP contribution is -2.29. The predicted molar refractivity (Wildman–Crippen MR) is 53.5 cm³/mol. The predicted octanol–water partition coefficient (Wildman–Crippen LogP) is 0.243. The van der Waals surface area contributed by atoms with Crippen LogP contribution in [0.25, 0.3) is 0 Å². The van der Waals surface area contributed by atoms with Gasteiger partial charge in [-0.25, -0.2) is 4.68 Å². The minimum Gasteiger partial charge on any atom is -0.389 e. The third kappa shape index (κ3) is 3.08. The van der Waals surface area contributed by atoms with E-state index in [1.165, 1.54) is 0 Å². The lowest BCUT2D eigenvalue weighted by Gasteiger charge is -2.16. The lowest BCUT2D eigenvalue weighted by molar-refractivity contribution is 0.0571. The molecule has 0 atom stereocenters. The molecule has 1 rings (SSSR count). The number of nitrogens with zero attached hydrogens (tertiary/aromatic N) is 3. The highest BCUT2D eigenvalue weighted by atomic mass is 16.3. The average molecular weight is 198 g/mol. The molecule has 1 aromatic heterocycles. The summed E-state index contributed by atoms with van der Waals surface area (Å²) in [5.74, 6) is 0. The molecule has 0 aliphatic rings. The van der Waals surface area contributed by atoms with E-state index in [1.807, 2.05) is 13.8 Å². The van der Waals surface area contributed by atoms with Crippen molar-refractivity contribution in [3.8, 4) is 0 Å². The second-order valence-electron chi connectivity index (χ2n) is 4.84. The summed E-state index contributed by atoms with van der Waals surface area (Å²) in [7, 11) is 0. The fraction of sp³-hybridized carbons (Fsp3) is 0.778. The van der Waals surface area contributed by atoms with Crippen LogP contribution in [-0.2, 0) is 12.1 Å². The quantitative estimate of drug-likeness (QED) is 0.729. The number of nitrogens with two attached hydrogens (primary N) is 1. The van der Waals surface area contributed by atoms with Crippen molar-refractivity contribution in [3.63, 3.8) is 0 Å². The second-order valence-corrected chi connectivity index (χ2v) is 4.84. The maximum absolute atomic E-state index is 9.56. The van der Waals surface area contributed by atoms with Gasteiger partial charge in [0.2, 0.25) is 0 Å². The fourth-order valence-corrected chi connectivity index (χ4v) is 1.07. The van der Waals surface area contributed by atoms with Crippen LogP contribution < -0.4 is 5.73 Å². The van der Waals surface area contributed by atoms with Crippen molar-refractivity contribution in [2.45, 2.75) is 45.4 Å². The molecule has 1 heterocycles. The average Bonchev–Trinajstić information content (AvgIpc) is 2.29. The Labute approximate surface area is 83.9 Å². The van der Waals surface area contributed by atoms with Crippen molar-refractivity contribution >= 4 is 0 Å². The van der Waals surface area contributed by atoms with Crippen molar-refractivity contribution in [1.29, 1.82) is 0 Å². The molecule has 5 heteroatoms. The molecule has 80 valence electrons. The Morgan fingerprint density at radius 3 is 2.36 bits per heavy atom. The van der Waals surface area contributed by atoms with Gasteiger partial charge in [-0.05, 0) is 27.7 Å². The Bertz CT molecular complexity index is 305. The van der Waals surface area contributed by atoms with Crippen LogP contribution in [0.5, 0.6) is 0 Å². The number of rotatable bonds is 3. The van der Waals surface area contributed by atoms with Gasteiger partial charge < -0.3 is 10.8 Å². The number of aromatic nitrogens is 3. The first kappa shape index (κ1) is 11.1. The standard InChI is InChI=1S/C9H18N4O/c1-8(2,14)6-13-5-7(11-12-13)9(3,4)10/h5,14H,6,10H2,1-4H3. The van der Waals surface area contributed by atoms with E-state index in [0.717, 1.165) is 5.69 Å². The summed E-state index contributed by atoms with van der Waals surface area (Å²) in [6, 6.07) is 0. The molecule has 0 saturated carbocycles. The normalized spacial score (nSPS) is 13.3. The fourth-order valence-electron chi connectivity index (χ4n) is 1.07. The first-order valence-corrected chi connectivity index (χ1v) is 4.60. The zero-order chi connectivity index (χ0) is 11.0. The van der Waals surface area contributed by atoms with Gasteiger partial charge in [0.05, 0.1) is 23.9 Å². The highest BCUT2D eigenvalue weighted by Crippen LogP contribution is 2.13. The van der Waals surface area contributed by atoms with Gasteiger partial charge in [0, 0.05) is 0 Å². The zero-order valence-corrected chi connectivity index (χ0v) is 9.15. The summed E-state index contributed by atoms with van der Waals surface area (Å²) in [4.78, 5) is 0. The third-order valence-corrected chi connectivity index (χ3v) is 1.75. The van der Waals surface area contributed by atoms with Gasteiger partial charge in [-0.15, -0.1) is 5.10 Å². The SMILES string of the molecule is CC(C)(O)Cn1cc(C(C)(C)N)nn1. The molecular formula is C9H18N4O. The summed E-state index contributed by atoms with van der Waals surface area (Å²) in [5.41, 5.74) is 5.30. The van der Waals surface area contributed by atoms with E-state index in [9.17, 15) is 5.11 Å². The highest BCUT2D eigenvalue weighted by Gasteiger charge is 2.20. The Kier molecular flexibility index (Phi) is 2.65. The summed E-state index contributed by atoms with van der Waals surface area (Å²) in [5, 5.41) is 17.4. The van der Waals surface area contributed by atoms with Gasteiger partial charge >= 0.3 is 0 Å². The van der Waals surface area contributed by atoms with E-state index in [-0.39, 0.29) is 0 Å². The zero-order valence-electron chi connectivity index (χ0n) is 9.15. The molecule has 5 nitrogen and oxygen atoms in total. The van der Waals surface area contributed by atoms with Crippen LogP contribution in [0.3, 0.4) is 0 Å². The topological polar surface area (TPSA) is 77.0 Å². The third-order valence-electron chi connectivity index (χ3n) is 1.75. The minimum atomic E-state index is -0.788. The summed E-state index contributed by atoms with van der Waals surface area (Å²) >= 11 is 0. The van der Waals surface area contributed by atoms with Crippen LogP contribution in [0.15, 0.2) is 6.20 Å². The first-order valence-electron chi connectivity index (χ1n) is 4.60. The van der Waals surface area contributed by atoms with Gasteiger partial charge in [-0.2, -0.15) is 0 Å². The Balaban J connectivity index is 2.79. The van der Waals surface area contributed by atoms with E-state index >= 15 is 0 Å². The lowest BCUT2D eigenvalue weighted by atomic mass is 10.0. The molecule has 3 N–H and O–H groups in total. The van der Waals surface area contributed by atoms with Crippen LogP contribution in [-0.4, -0.2) is 25.7 Å². The number of hydrogen-bond acceptors (Lipinski definition) is 4. The van der Waals surface area contributed by atoms with Crippen LogP contribution in [0, 0.1) is 0 Å². The molecule has 0 aliphatic carbocycles. The Morgan fingerprint density at radius 1 is 1.43 bits per heavy atom. The smallest absolute Gasteiger partial charge is 0.102 e. The molecule has 0 amide bonds. The van der Waals surface area contributed by atoms with Gasteiger partial charge in [0.25, 0.3) is 0 Å². The van der Waals surface area contributed by atoms with E-state index in [0.29, 0.717) is 6.54 Å². The van der Waals surface area contributed by atoms with Crippen molar-refractivity contribution < 1.29 is 5.11 Å². The summed E-state index contributed by atoms with van der Waals surface area (Å²) in [6.45, 7) is 7.59. The van der Waals surface area contributed by atoms with Gasteiger partial charge in [-0.1, -0.05) is 5.21 Å². The van der Waals surface area contributed by atoms with Crippen LogP contribution in [0.1, 0.15) is 33.4 Å². The Morgan fingerprint density at radius 2 is 2.00 bits per heavy atom. The number of hydrogen-bond donors (Lipinski definition) is 2. The molecule has 0 bridgehead atoms. The second kappa shape index (κ2) is 3.33. The van der Waals surface area contributed by atoms with Crippen LogP contribution in [0.2, 0.25) is 0 Å². The molecular weight excluding hydrogens is 180 g/mol. The largest absolute Gasteiger partial charge is 0.389 e. The van der Waals surface area contributed by atoms with Crippen molar-refractivity contribution in [1.82, 2.24) is 15.0 Å². The highest BCUT2D eigenvalue weighted by molar-refractivity contribution is 5.05. The van der Waals surface area contributed by atoms with Crippen molar-refractivity contribution in [3.05, 3.63) is 11.9 Å². The Hall–Kier alpha value is -0.940. The summed E-state index contributed by atoms with van der Waals surface area (Å²) < 4.78 is 1.60. The van der Waals surface area contributed by atoms with E-state index < -0.39 is 11.1 Å². The van der Waals surface area contributed by atoms with Gasteiger partial charge in [-0.3, -0.25) is 0 Å². The van der Waals surface area contributed by atoms with Crippen molar-refractivity contribution in [2.75, 3.05) is 0 Å². The maximum Gasteiger partial charge on any atom is 0.102 e. The van der Waals surface area contributed by atoms with E-state index in [2.05, 4.69) is 10.3 Å². The van der Waals surface area contributed by atoms with Crippen LogP contribution >= 0.6 is 0 Å². The van der Waals surface area contributed by atoms with Crippen LogP contribution in [0.4, 0.5) is 0 Å². The molecule has 1 aromatic rings. The van der Waals surface area contributed by atoms with E-state index in [1.54, 1.807) is 24.7 Å². The first-order chi connectivity index (χ1) is 6.18. The van der Waals surface area contributed by atoms with Crippen molar-refractivity contribution in [2.24, 2.45) is 5.73 Å². The molecule has 0 fully saturated rings. The molecule has 0 saturated heterocycles. The van der Waals surface area contributed by atoms with Gasteiger partial charge in [0.15, 0.2) is 0 Å². The molecule has 14 heavy (non-hydrogen) atoms. The minimum absolute atomic E-state index is 0.413. The molecule has 0 radical (unpaired) electrons. The molecule has 0 aliphatic heterocycles. The monoisotopic (exact) mass is 198 g/mol. The molecule has 0 aromatic carbocycles. The number of aliphatic hydroxyl groups is 1. The molecule has 0 spiro atoms. The van der Waals surface area contributed by atoms with Gasteiger partial charge in [0.1, 0.15) is 5.69 Å². The van der Waals surface area contributed by atoms with E-state index in [4.69, 9.17) is 5.73 Å². The molecule has 0 unspecified atom stereocenters. The summed E-state index contributed by atoms with van der Waals surface area (Å²) in [6.07, 6.45) is 1.76. The maximum atomic E-state index is 9.56.